The molecule has 8 nitrogen and oxygen atoms in total. The average molecular weight is 492 g/mol. The highest BCUT2D eigenvalue weighted by Crippen LogP contribution is 2.47. The van der Waals surface area contributed by atoms with E-state index in [-0.39, 0.29) is 43.1 Å². The molecule has 3 N–H and O–H groups in total. The number of halogens is 1. The third-order valence-electron chi connectivity index (χ3n) is 6.53. The summed E-state index contributed by atoms with van der Waals surface area (Å²) < 4.78 is 25.9. The first-order valence-corrected chi connectivity index (χ1v) is 11.8. The molecule has 1 saturated heterocycles. The summed E-state index contributed by atoms with van der Waals surface area (Å²) in [4.78, 5) is 29.1. The predicted octanol–water partition coefficient (Wildman–Crippen LogP) is 3.17. The van der Waals surface area contributed by atoms with Gasteiger partial charge in [0.25, 0.3) is 5.91 Å². The number of rotatable bonds is 7. The number of nitrogens with one attached hydrogen (secondary N) is 2. The second-order valence-electron chi connectivity index (χ2n) is 8.92. The number of hydrogen-bond donors (Lipinski definition) is 3. The minimum Gasteiger partial charge on any atom is -0.487 e. The van der Waals surface area contributed by atoms with Crippen LogP contribution in [0.2, 0.25) is 0 Å². The molecule has 0 radical (unpaired) electrons. The highest BCUT2D eigenvalue weighted by Gasteiger charge is 2.46. The highest BCUT2D eigenvalue weighted by molar-refractivity contribution is 6.04. The summed E-state index contributed by atoms with van der Waals surface area (Å²) >= 11 is 0. The normalized spacial score (nSPS) is 22.2. The first-order chi connectivity index (χ1) is 17.5. The summed E-state index contributed by atoms with van der Waals surface area (Å²) in [5, 5.41) is 15.6. The first kappa shape index (κ1) is 23.9. The van der Waals surface area contributed by atoms with Gasteiger partial charge in [-0.25, -0.2) is 4.39 Å². The third kappa shape index (κ3) is 5.07. The summed E-state index contributed by atoms with van der Waals surface area (Å²) in [6.07, 6.45) is 2.22. The van der Waals surface area contributed by atoms with E-state index in [1.807, 2.05) is 6.07 Å². The van der Waals surface area contributed by atoms with Crippen molar-refractivity contribution in [2.24, 2.45) is 0 Å². The Morgan fingerprint density at radius 2 is 2.00 bits per heavy atom. The van der Waals surface area contributed by atoms with Crippen LogP contribution in [0.5, 0.6) is 5.75 Å². The van der Waals surface area contributed by atoms with Gasteiger partial charge in [0.2, 0.25) is 5.91 Å². The van der Waals surface area contributed by atoms with Crippen molar-refractivity contribution in [3.63, 3.8) is 0 Å². The molecule has 0 spiro atoms. The van der Waals surface area contributed by atoms with Gasteiger partial charge in [-0.1, -0.05) is 18.2 Å². The number of anilines is 1. The van der Waals surface area contributed by atoms with Crippen LogP contribution >= 0.6 is 0 Å². The van der Waals surface area contributed by atoms with Crippen LogP contribution in [-0.2, 0) is 16.1 Å². The Kier molecular flexibility index (Phi) is 6.92. The molecule has 2 aliphatic heterocycles. The molecular formula is C27H26FN3O5. The monoisotopic (exact) mass is 491 g/mol. The molecule has 0 saturated carbocycles. The Bertz CT molecular complexity index is 1260. The molecule has 5 rings (SSSR count). The third-order valence-corrected chi connectivity index (χ3v) is 6.53. The van der Waals surface area contributed by atoms with Gasteiger partial charge in [0.1, 0.15) is 23.8 Å². The molecule has 9 heteroatoms. The van der Waals surface area contributed by atoms with Crippen LogP contribution in [0.3, 0.4) is 0 Å². The second-order valence-corrected chi connectivity index (χ2v) is 8.92. The number of carbonyl (C=O) groups is 2. The van der Waals surface area contributed by atoms with E-state index < -0.39 is 18.3 Å². The lowest BCUT2D eigenvalue weighted by Gasteiger charge is -2.37. The maximum Gasteiger partial charge on any atom is 0.257 e. The van der Waals surface area contributed by atoms with Crippen LogP contribution in [0.1, 0.15) is 40.2 Å². The lowest BCUT2D eigenvalue weighted by atomic mass is 9.84. The maximum atomic E-state index is 13.8. The standard InChI is InChI=1S/C27H26FN3O5/c28-22-6-2-1-4-16(22)14-30-25(33)12-19-11-21-20-10-18(31-27(34)17-5-3-9-29-13-17)7-8-23(20)36-26(21)24(15-32)35-19/h1-10,13,19,21,24,26,32H,11-12,14-15H2,(H,30,33)(H,31,34)/t19-,21+,24+,26-/m1/s1. The number of hydrogen-bond acceptors (Lipinski definition) is 6. The van der Waals surface area contributed by atoms with Crippen molar-refractivity contribution >= 4 is 17.5 Å². The van der Waals surface area contributed by atoms with Crippen molar-refractivity contribution in [1.82, 2.24) is 10.3 Å². The van der Waals surface area contributed by atoms with Gasteiger partial charge >= 0.3 is 0 Å². The molecule has 0 aliphatic carbocycles. The number of amides is 2. The van der Waals surface area contributed by atoms with E-state index in [9.17, 15) is 19.1 Å². The summed E-state index contributed by atoms with van der Waals surface area (Å²) in [5.41, 5.74) is 2.35. The average Bonchev–Trinajstić information content (AvgIpc) is 3.26. The largest absolute Gasteiger partial charge is 0.487 e. The molecule has 4 atom stereocenters. The van der Waals surface area contributed by atoms with Gasteiger partial charge < -0.3 is 25.2 Å². The van der Waals surface area contributed by atoms with Gasteiger partial charge in [-0.05, 0) is 42.8 Å². The van der Waals surface area contributed by atoms with Crippen molar-refractivity contribution in [1.29, 1.82) is 0 Å². The number of ether oxygens (including phenoxy) is 2. The van der Waals surface area contributed by atoms with Gasteiger partial charge in [-0.2, -0.15) is 0 Å². The molecule has 0 unspecified atom stereocenters. The minimum absolute atomic E-state index is 0.0704. The van der Waals surface area contributed by atoms with E-state index in [1.54, 1.807) is 48.7 Å². The number of nitrogens with zero attached hydrogens (tertiary/aromatic N) is 1. The van der Waals surface area contributed by atoms with Gasteiger partial charge in [0, 0.05) is 41.7 Å². The summed E-state index contributed by atoms with van der Waals surface area (Å²) in [7, 11) is 0. The van der Waals surface area contributed by atoms with Gasteiger partial charge in [-0.15, -0.1) is 0 Å². The smallest absolute Gasteiger partial charge is 0.257 e. The molecule has 0 bridgehead atoms. The minimum atomic E-state index is -0.603. The summed E-state index contributed by atoms with van der Waals surface area (Å²) in [6.45, 7) is -0.174. The summed E-state index contributed by atoms with van der Waals surface area (Å²) in [5.74, 6) is -0.374. The zero-order chi connectivity index (χ0) is 25.1. The molecule has 186 valence electrons. The number of fused-ring (bicyclic) bond motifs is 3. The fourth-order valence-corrected chi connectivity index (χ4v) is 4.78. The Hall–Kier alpha value is -3.82. The fourth-order valence-electron chi connectivity index (χ4n) is 4.78. The van der Waals surface area contributed by atoms with Crippen molar-refractivity contribution in [2.75, 3.05) is 11.9 Å². The summed E-state index contributed by atoms with van der Waals surface area (Å²) in [6, 6.07) is 15.1. The molecule has 3 aromatic rings. The Morgan fingerprint density at radius 3 is 2.78 bits per heavy atom. The zero-order valence-electron chi connectivity index (χ0n) is 19.4. The van der Waals surface area contributed by atoms with E-state index in [0.717, 1.165) is 5.56 Å². The maximum absolute atomic E-state index is 13.8. The topological polar surface area (TPSA) is 110 Å². The van der Waals surface area contributed by atoms with Crippen LogP contribution in [0.4, 0.5) is 10.1 Å². The number of aliphatic hydroxyl groups is 1. The van der Waals surface area contributed by atoms with E-state index in [4.69, 9.17) is 9.47 Å². The fraction of sp³-hybridized carbons (Fsp3) is 0.296. The van der Waals surface area contributed by atoms with Crippen molar-refractivity contribution in [2.45, 2.75) is 43.6 Å². The highest BCUT2D eigenvalue weighted by atomic mass is 19.1. The molecule has 1 aromatic heterocycles. The molecule has 2 amide bonds. The zero-order valence-corrected chi connectivity index (χ0v) is 19.4. The predicted molar refractivity (Wildman–Crippen MR) is 129 cm³/mol. The molecular weight excluding hydrogens is 465 g/mol. The van der Waals surface area contributed by atoms with E-state index in [1.165, 1.54) is 12.3 Å². The molecule has 1 fully saturated rings. The Morgan fingerprint density at radius 1 is 1.14 bits per heavy atom. The number of aliphatic hydroxyl groups excluding tert-OH is 1. The van der Waals surface area contributed by atoms with E-state index in [0.29, 0.717) is 29.0 Å². The lowest BCUT2D eigenvalue weighted by molar-refractivity contribution is -0.142. The molecule has 3 heterocycles. The SMILES string of the molecule is O=C(C[C@H]1C[C@H]2c3cc(NC(=O)c4cccnc4)ccc3O[C@H]2[C@H](CO)O1)NCc1ccccc1F. The molecule has 36 heavy (non-hydrogen) atoms. The second kappa shape index (κ2) is 10.4. The van der Waals surface area contributed by atoms with E-state index in [2.05, 4.69) is 15.6 Å². The van der Waals surface area contributed by atoms with E-state index >= 15 is 0 Å². The van der Waals surface area contributed by atoms with Gasteiger partial charge in [-0.3, -0.25) is 14.6 Å². The van der Waals surface area contributed by atoms with Crippen molar-refractivity contribution < 1.29 is 28.6 Å². The number of aromatic nitrogens is 1. The first-order valence-electron chi connectivity index (χ1n) is 11.8. The van der Waals surface area contributed by atoms with Crippen LogP contribution in [0, 0.1) is 5.82 Å². The van der Waals surface area contributed by atoms with Gasteiger partial charge in [0.05, 0.1) is 24.7 Å². The molecule has 2 aromatic carbocycles. The van der Waals surface area contributed by atoms with Gasteiger partial charge in [0.15, 0.2) is 0 Å². The molecule has 2 aliphatic rings. The number of carbonyl (C=O) groups excluding carboxylic acids is 2. The quantitative estimate of drug-likeness (QED) is 0.468. The van der Waals surface area contributed by atoms with Crippen molar-refractivity contribution in [3.8, 4) is 5.75 Å². The van der Waals surface area contributed by atoms with Crippen molar-refractivity contribution in [3.05, 3.63) is 89.5 Å². The Balaban J connectivity index is 1.26. The van der Waals surface area contributed by atoms with Crippen LogP contribution < -0.4 is 15.4 Å². The van der Waals surface area contributed by atoms with Crippen LogP contribution in [0.25, 0.3) is 0 Å². The lowest BCUT2D eigenvalue weighted by Crippen LogP contribution is -2.47. The Labute approximate surface area is 207 Å². The number of benzene rings is 2. The van der Waals surface area contributed by atoms with Crippen LogP contribution in [-0.4, -0.2) is 46.8 Å². The van der Waals surface area contributed by atoms with Crippen LogP contribution in [0.15, 0.2) is 67.0 Å². The number of pyridine rings is 1.